The maximum absolute atomic E-state index is 5.52. The number of fused-ring (bicyclic) bond motifs is 1. The molecule has 6 nitrogen and oxygen atoms in total. The number of aryl methyl sites for hydroxylation is 1. The summed E-state index contributed by atoms with van der Waals surface area (Å²) in [5, 5.41) is 12.1. The molecule has 3 rings (SSSR count). The van der Waals surface area contributed by atoms with Gasteiger partial charge in [-0.1, -0.05) is 0 Å². The van der Waals surface area contributed by atoms with Gasteiger partial charge in [0.05, 0.1) is 11.4 Å². The molecule has 7 heteroatoms. The number of hydrogen-bond acceptors (Lipinski definition) is 5. The Morgan fingerprint density at radius 1 is 1.39 bits per heavy atom. The maximum atomic E-state index is 5.52. The second kappa shape index (κ2) is 6.80. The number of hydrogen-bond donors (Lipinski definition) is 3. The summed E-state index contributed by atoms with van der Waals surface area (Å²) in [5.41, 5.74) is 7.23. The van der Waals surface area contributed by atoms with Crippen LogP contribution in [0.15, 0.2) is 17.4 Å². The van der Waals surface area contributed by atoms with Gasteiger partial charge in [0, 0.05) is 44.3 Å². The number of aromatic nitrogens is 1. The van der Waals surface area contributed by atoms with E-state index in [1.165, 1.54) is 5.56 Å². The van der Waals surface area contributed by atoms with Crippen LogP contribution in [0.25, 0.3) is 0 Å². The van der Waals surface area contributed by atoms with E-state index in [1.807, 2.05) is 12.3 Å². The Balaban J connectivity index is 1.71. The van der Waals surface area contributed by atoms with Crippen molar-refractivity contribution < 1.29 is 0 Å². The van der Waals surface area contributed by atoms with Gasteiger partial charge in [0.2, 0.25) is 0 Å². The van der Waals surface area contributed by atoms with E-state index in [4.69, 9.17) is 12.2 Å². The lowest BCUT2D eigenvalue weighted by Crippen LogP contribution is -2.57. The lowest BCUT2D eigenvalue weighted by atomic mass is 10.0. The summed E-state index contributed by atoms with van der Waals surface area (Å²) in [5.74, 6) is 0. The molecule has 23 heavy (non-hydrogen) atoms. The monoisotopic (exact) mass is 332 g/mol. The standard InChI is InChI=1S/C16H24N6S/c1-10-4-6-18-15-13(5-7-17-14(10)15)20-21-16(23)22-8-11(2)19-12(3)9-22/h4,6,11-12,17,19H,5,7-9H2,1-3H3,(H,21,23)/b20-13-/t11-,12+. The topological polar surface area (TPSA) is 64.6 Å². The van der Waals surface area contributed by atoms with Crippen molar-refractivity contribution in [3.63, 3.8) is 0 Å². The number of hydrazone groups is 1. The fraction of sp³-hybridized carbons (Fsp3) is 0.562. The number of thiocarbonyl (C=S) groups is 1. The van der Waals surface area contributed by atoms with Gasteiger partial charge in [-0.3, -0.25) is 10.4 Å². The van der Waals surface area contributed by atoms with Crippen LogP contribution in [0, 0.1) is 6.92 Å². The minimum absolute atomic E-state index is 0.426. The molecule has 2 aliphatic rings. The van der Waals surface area contributed by atoms with Gasteiger partial charge >= 0.3 is 0 Å². The van der Waals surface area contributed by atoms with Crippen LogP contribution < -0.4 is 16.1 Å². The van der Waals surface area contributed by atoms with Crippen molar-refractivity contribution in [2.75, 3.05) is 25.0 Å². The molecule has 3 heterocycles. The first kappa shape index (κ1) is 16.1. The lowest BCUT2D eigenvalue weighted by Gasteiger charge is -2.37. The lowest BCUT2D eigenvalue weighted by molar-refractivity contribution is 0.253. The largest absolute Gasteiger partial charge is 0.383 e. The third-order valence-electron chi connectivity index (χ3n) is 4.23. The minimum Gasteiger partial charge on any atom is -0.383 e. The van der Waals surface area contributed by atoms with Gasteiger partial charge in [-0.05, 0) is 44.6 Å². The van der Waals surface area contributed by atoms with Crippen molar-refractivity contribution in [2.24, 2.45) is 5.10 Å². The van der Waals surface area contributed by atoms with Crippen LogP contribution in [0.1, 0.15) is 31.5 Å². The van der Waals surface area contributed by atoms with Crippen molar-refractivity contribution in [3.8, 4) is 0 Å². The fourth-order valence-corrected chi connectivity index (χ4v) is 3.41. The highest BCUT2D eigenvalue weighted by molar-refractivity contribution is 7.80. The number of rotatable bonds is 1. The van der Waals surface area contributed by atoms with Gasteiger partial charge in [-0.25, -0.2) is 0 Å². The predicted molar refractivity (Wildman–Crippen MR) is 98.0 cm³/mol. The zero-order valence-corrected chi connectivity index (χ0v) is 14.7. The molecule has 1 aromatic heterocycles. The van der Waals surface area contributed by atoms with E-state index in [2.05, 4.69) is 51.8 Å². The maximum Gasteiger partial charge on any atom is 0.189 e. The third kappa shape index (κ3) is 3.61. The molecule has 1 aromatic rings. The highest BCUT2D eigenvalue weighted by Gasteiger charge is 2.23. The SMILES string of the molecule is Cc1ccnc2c1NCC/C2=N/NC(=S)N1C[C@@H](C)N[C@@H](C)C1. The van der Waals surface area contributed by atoms with E-state index in [9.17, 15) is 0 Å². The molecule has 0 aromatic carbocycles. The van der Waals surface area contributed by atoms with E-state index in [-0.39, 0.29) is 0 Å². The van der Waals surface area contributed by atoms with E-state index in [0.29, 0.717) is 17.2 Å². The summed E-state index contributed by atoms with van der Waals surface area (Å²) in [4.78, 5) is 6.65. The highest BCUT2D eigenvalue weighted by Crippen LogP contribution is 2.23. The van der Waals surface area contributed by atoms with Gasteiger partial charge in [0.15, 0.2) is 5.11 Å². The molecular formula is C16H24N6S. The quantitative estimate of drug-likeness (QED) is 0.535. The second-order valence-corrected chi connectivity index (χ2v) is 6.76. The molecule has 0 spiro atoms. The van der Waals surface area contributed by atoms with Crippen LogP contribution >= 0.6 is 12.2 Å². The summed E-state index contributed by atoms with van der Waals surface area (Å²) in [6.07, 6.45) is 2.67. The van der Waals surface area contributed by atoms with Gasteiger partial charge < -0.3 is 15.5 Å². The Kier molecular flexibility index (Phi) is 4.77. The number of nitrogens with one attached hydrogen (secondary N) is 3. The molecule has 2 aliphatic heterocycles. The number of pyridine rings is 1. The van der Waals surface area contributed by atoms with Crippen molar-refractivity contribution in [1.29, 1.82) is 0 Å². The molecule has 124 valence electrons. The van der Waals surface area contributed by atoms with Crippen LogP contribution in [0.4, 0.5) is 5.69 Å². The van der Waals surface area contributed by atoms with Crippen molar-refractivity contribution in [2.45, 2.75) is 39.3 Å². The van der Waals surface area contributed by atoms with Gasteiger partial charge in [-0.15, -0.1) is 0 Å². The number of nitrogens with zero attached hydrogens (tertiary/aromatic N) is 3. The zero-order chi connectivity index (χ0) is 16.4. The number of anilines is 1. The Bertz CT molecular complexity index is 619. The Hall–Kier alpha value is -1.73. The fourth-order valence-electron chi connectivity index (χ4n) is 3.21. The van der Waals surface area contributed by atoms with Crippen molar-refractivity contribution >= 4 is 28.7 Å². The molecule has 0 bridgehead atoms. The molecule has 1 saturated heterocycles. The van der Waals surface area contributed by atoms with Gasteiger partial charge in [0.1, 0.15) is 5.69 Å². The number of piperazine rings is 1. The molecule has 0 amide bonds. The molecule has 0 radical (unpaired) electrons. The normalized spacial score (nSPS) is 25.7. The summed E-state index contributed by atoms with van der Waals surface area (Å²) < 4.78 is 0. The predicted octanol–water partition coefficient (Wildman–Crippen LogP) is 1.47. The average Bonchev–Trinajstić information content (AvgIpc) is 2.52. The Morgan fingerprint density at radius 2 is 2.13 bits per heavy atom. The zero-order valence-electron chi connectivity index (χ0n) is 13.9. The molecule has 2 atom stereocenters. The first-order valence-electron chi connectivity index (χ1n) is 8.12. The van der Waals surface area contributed by atoms with Crippen LogP contribution in [-0.2, 0) is 0 Å². The molecule has 0 aliphatic carbocycles. The highest BCUT2D eigenvalue weighted by atomic mass is 32.1. The average molecular weight is 332 g/mol. The summed E-state index contributed by atoms with van der Waals surface area (Å²) in [6, 6.07) is 2.86. The van der Waals surface area contributed by atoms with Crippen LogP contribution in [0.5, 0.6) is 0 Å². The molecule has 1 fully saturated rings. The van der Waals surface area contributed by atoms with E-state index in [0.717, 1.165) is 43.1 Å². The van der Waals surface area contributed by atoms with Crippen LogP contribution in [-0.4, -0.2) is 52.4 Å². The van der Waals surface area contributed by atoms with Crippen molar-refractivity contribution in [1.82, 2.24) is 20.6 Å². The summed E-state index contributed by atoms with van der Waals surface area (Å²) in [6.45, 7) is 9.10. The van der Waals surface area contributed by atoms with E-state index in [1.54, 1.807) is 0 Å². The Labute approximate surface area is 142 Å². The van der Waals surface area contributed by atoms with Gasteiger partial charge in [-0.2, -0.15) is 5.10 Å². The van der Waals surface area contributed by atoms with Crippen LogP contribution in [0.3, 0.4) is 0 Å². The summed E-state index contributed by atoms with van der Waals surface area (Å²) in [7, 11) is 0. The van der Waals surface area contributed by atoms with Gasteiger partial charge in [0.25, 0.3) is 0 Å². The molecule has 0 saturated carbocycles. The second-order valence-electron chi connectivity index (χ2n) is 6.38. The minimum atomic E-state index is 0.426. The summed E-state index contributed by atoms with van der Waals surface area (Å²) >= 11 is 5.52. The first-order valence-corrected chi connectivity index (χ1v) is 8.53. The smallest absolute Gasteiger partial charge is 0.189 e. The molecule has 3 N–H and O–H groups in total. The van der Waals surface area contributed by atoms with E-state index < -0.39 is 0 Å². The molecular weight excluding hydrogens is 308 g/mol. The van der Waals surface area contributed by atoms with Crippen LogP contribution in [0.2, 0.25) is 0 Å². The third-order valence-corrected chi connectivity index (χ3v) is 4.58. The first-order chi connectivity index (χ1) is 11.0. The van der Waals surface area contributed by atoms with E-state index >= 15 is 0 Å². The molecule has 0 unspecified atom stereocenters. The Morgan fingerprint density at radius 3 is 2.87 bits per heavy atom. The van der Waals surface area contributed by atoms with Crippen molar-refractivity contribution in [3.05, 3.63) is 23.5 Å².